The molecule has 1 amide bonds. The Morgan fingerprint density at radius 2 is 0.934 bits per heavy atom. The Labute approximate surface area is 815 Å². The number of anilines is 6. The van der Waals surface area contributed by atoms with E-state index in [1.54, 1.807) is 56.3 Å². The zero-order valence-corrected chi connectivity index (χ0v) is 81.2. The maximum absolute atomic E-state index is 12.6. The Morgan fingerprint density at radius 1 is 0.478 bits per heavy atom. The molecule has 7 heterocycles. The second kappa shape index (κ2) is 50.9. The van der Waals surface area contributed by atoms with Gasteiger partial charge >= 0.3 is 23.3 Å². The molecule has 0 radical (unpaired) electrons. The molecule has 7 aliphatic heterocycles. The van der Waals surface area contributed by atoms with Crippen LogP contribution in [0.15, 0.2) is 163 Å². The van der Waals surface area contributed by atoms with Crippen LogP contribution in [0.4, 0.5) is 49.9 Å². The number of β-amino-alcohol motifs (C(OH)–C–C–N with tert-alkyl or cyclic N) is 5. The number of methoxy groups -OCH3 is 1. The summed E-state index contributed by atoms with van der Waals surface area (Å²) in [5.41, 5.74) is 8.97. The van der Waals surface area contributed by atoms with Crippen LogP contribution in [0.25, 0.3) is 0 Å². The van der Waals surface area contributed by atoms with Gasteiger partial charge in [-0.2, -0.15) is 4.39 Å². The molecule has 0 bridgehead atoms. The molecule has 16 rings (SSSR count). The van der Waals surface area contributed by atoms with Crippen LogP contribution >= 0.6 is 63.7 Å². The number of Topliss-reactive ketones (excluding diaryl/α,β-unsaturated/α-hetero) is 4. The zero-order chi connectivity index (χ0) is 99.6. The number of phenols is 3. The number of ketones is 4. The third-order valence-corrected chi connectivity index (χ3v) is 24.5. The number of aliphatic hydroxyl groups is 9. The molecule has 0 saturated carbocycles. The number of fused-ring (bicyclic) bond motifs is 2. The van der Waals surface area contributed by atoms with Crippen LogP contribution in [0.5, 0.6) is 40.2 Å². The number of esters is 2. The number of hydrogen-bond donors (Lipinski definition) is 14. The number of nitro benzene ring substituents is 2. The van der Waals surface area contributed by atoms with E-state index in [2.05, 4.69) is 84.2 Å². The molecule has 14 N–H and O–H groups in total. The summed E-state index contributed by atoms with van der Waals surface area (Å²) < 4.78 is 37.2. The molecule has 0 aromatic heterocycles. The molecule has 9 aromatic carbocycles. The van der Waals surface area contributed by atoms with E-state index in [0.717, 1.165) is 102 Å². The van der Waals surface area contributed by atoms with Gasteiger partial charge in [0.05, 0.1) is 99.0 Å². The molecule has 7 aliphatic rings. The molecule has 6 atom stereocenters. The Kier molecular flexibility index (Phi) is 40.4. The number of nitrogens with one attached hydrogen (secondary N) is 2. The minimum absolute atomic E-state index is 0.0236. The molecule has 9 aromatic rings. The van der Waals surface area contributed by atoms with Crippen molar-refractivity contribution in [2.75, 3.05) is 142 Å². The van der Waals surface area contributed by atoms with Gasteiger partial charge in [-0.25, -0.2) is 4.79 Å². The third kappa shape index (κ3) is 30.2. The van der Waals surface area contributed by atoms with E-state index in [1.807, 2.05) is 64.9 Å². The molecular weight excluding hydrogens is 2040 g/mol. The Bertz CT molecular complexity index is 5820. The number of halogens is 5. The predicted octanol–water partition coefficient (Wildman–Crippen LogP) is 12.6. The fraction of sp³-hybridized carbons (Fsp3) is 0.358. The minimum atomic E-state index is -0.791. The normalized spacial score (nSPS) is 17.6. The quantitative estimate of drug-likeness (QED) is 0.0155. The van der Waals surface area contributed by atoms with Gasteiger partial charge in [-0.15, -0.1) is 0 Å². The number of carbonyl (C=O) groups is 7. The molecule has 728 valence electrons. The van der Waals surface area contributed by atoms with Crippen molar-refractivity contribution in [1.29, 1.82) is 0 Å². The first kappa shape index (κ1) is 108. The zero-order valence-electron chi connectivity index (χ0n) is 74.9. The first-order valence-electron chi connectivity index (χ1n) is 42.8. The highest BCUT2D eigenvalue weighted by molar-refractivity contribution is 9.11. The molecule has 6 saturated heterocycles. The van der Waals surface area contributed by atoms with E-state index >= 15 is 0 Å². The van der Waals surface area contributed by atoms with E-state index in [-0.39, 0.29) is 105 Å². The second-order valence-corrected chi connectivity index (χ2v) is 35.8. The van der Waals surface area contributed by atoms with Gasteiger partial charge in [-0.3, -0.25) is 49.0 Å². The topological polar surface area (TPSA) is 526 Å². The van der Waals surface area contributed by atoms with Crippen LogP contribution in [-0.2, 0) is 14.3 Å². The smallest absolute Gasteiger partial charge is 0.341 e. The van der Waals surface area contributed by atoms with Crippen molar-refractivity contribution >= 4 is 150 Å². The summed E-state index contributed by atoms with van der Waals surface area (Å²) in [5, 5.41) is 138. The Balaban J connectivity index is 0.000000179. The highest BCUT2D eigenvalue weighted by Gasteiger charge is 2.33. The van der Waals surface area contributed by atoms with Gasteiger partial charge in [0.25, 0.3) is 5.91 Å². The first-order chi connectivity index (χ1) is 64.6. The monoisotopic (exact) mass is 2140 g/mol. The second-order valence-electron chi connectivity index (χ2n) is 32.4. The molecule has 0 unspecified atom stereocenters. The Hall–Kier alpha value is -11.7. The summed E-state index contributed by atoms with van der Waals surface area (Å²) in [7, 11) is 1.25. The number of nitro groups is 2. The van der Waals surface area contributed by atoms with Crippen molar-refractivity contribution in [1.82, 2.24) is 5.32 Å². The van der Waals surface area contributed by atoms with E-state index in [0.29, 0.717) is 118 Å². The summed E-state index contributed by atoms with van der Waals surface area (Å²) in [5.74, 6) is -2.75. The van der Waals surface area contributed by atoms with Gasteiger partial charge in [0.2, 0.25) is 11.6 Å². The van der Waals surface area contributed by atoms with Crippen molar-refractivity contribution in [3.8, 4) is 40.2 Å². The van der Waals surface area contributed by atoms with Crippen LogP contribution in [0.3, 0.4) is 0 Å². The highest BCUT2D eigenvalue weighted by Crippen LogP contribution is 2.45. The number of benzene rings is 9. The van der Waals surface area contributed by atoms with Crippen molar-refractivity contribution in [3.63, 3.8) is 0 Å². The SMILES string of the molecule is CC(=O)O[C@@H]1CCN(c2ccc(C(=O)CO)c(C)c2)C1.COC(=O)c1cc(Br)c(N2CC[C@@H](O)C2)cc1Oc1ccc(C)cc1[N+](=O)[O-].Cc1ccc(F)c([N+](=O)[O-])c1.Cc1ccc2c(c1)NC(=O)c1cc(Br)c(N3CC[C@@H](O)C3)cc1O2.O=C(CO)c1cc(Br)c(N2CC[C@@H](O)C2)cc1O.O=C(CO)c1ccc(Br)cc1O.O=C(CO)c1ccc(N2CC[C@@H](O)C2)cc1O.O[C@@H]1CCNC1. The van der Waals surface area contributed by atoms with Gasteiger partial charge in [0.15, 0.2) is 28.9 Å². The number of aromatic hydroxyl groups is 3. The van der Waals surface area contributed by atoms with Gasteiger partial charge in [0.1, 0.15) is 66.8 Å². The van der Waals surface area contributed by atoms with Gasteiger partial charge in [-0.05, 0) is 227 Å². The lowest BCUT2D eigenvalue weighted by molar-refractivity contribution is -0.387. The van der Waals surface area contributed by atoms with Crippen LogP contribution in [0, 0.1) is 53.7 Å². The van der Waals surface area contributed by atoms with Crippen molar-refractivity contribution in [2.24, 2.45) is 0 Å². The van der Waals surface area contributed by atoms with E-state index in [4.69, 9.17) is 44.5 Å². The lowest BCUT2D eigenvalue weighted by Gasteiger charge is -2.21. The van der Waals surface area contributed by atoms with E-state index in [9.17, 15) is 93.9 Å². The first-order valence-corrected chi connectivity index (χ1v) is 46.0. The standard InChI is InChI=1S/C19H19BrN2O6.C18H17BrN2O3.C15H19NO4.C12H14BrNO4.C12H15NO4.C8H7BrO3.C7H6FNO2.C4H9NO/c1-11-3-4-17(16(7-11)22(25)26)28-18-9-15(21-6-5-12(23)10-21)14(20)8-13(18)19(24)27-2;1-10-2-3-16-14(6-10)20-18(23)12-7-13(19)15(8-17(12)24-16)21-5-4-11(22)9-21;1-10-7-12(3-4-14(10)15(19)9-17)16-6-5-13(8-16)20-11(2)18;13-9-3-8(12(18)6-15)11(17)4-10(9)14-2-1-7(16)5-14;14-7-12(17)10-2-1-8(5-11(10)16)13-4-3-9(15)6-13;9-5-1-2-6(7(11)3-5)8(12)4-10;1-5-2-3-6(8)7(4-5)9(10)11;6-4-1-2-5-3-4/h3-4,7-9,12,23H,5-6,10H2,1-2H3;2-3,6-8,11,22H,4-5,9H2,1H3,(H,20,23);3-4,7,13,17H,5-6,8-9H2,1-2H3;3-4,7,15-17H,1-2,5-6H2;1-2,5,9,14-16H,3-4,6-7H2;1-3,10-11H,4H2;2-4H,1H3;4-6H,1-3H2/t12-;11-;13-;7-;9-;;;4-/m11111..1/s1. The fourth-order valence-electron chi connectivity index (χ4n) is 15.1. The largest absolute Gasteiger partial charge is 0.507 e. The average Bonchev–Trinajstić information content (AvgIpc) is 1.75. The summed E-state index contributed by atoms with van der Waals surface area (Å²) in [4.78, 5) is 111. The minimum Gasteiger partial charge on any atom is -0.507 e. The summed E-state index contributed by atoms with van der Waals surface area (Å²) >= 11 is 13.5. The molecule has 6 fully saturated rings. The number of nitrogens with zero attached hydrogens (tertiary/aromatic N) is 7. The number of rotatable bonds is 19. The van der Waals surface area contributed by atoms with Crippen molar-refractivity contribution in [2.45, 2.75) is 110 Å². The summed E-state index contributed by atoms with van der Waals surface area (Å²) in [6, 6.07) is 38.6. The number of aliphatic hydroxyl groups excluding tert-OH is 9. The maximum atomic E-state index is 12.6. The lowest BCUT2D eigenvalue weighted by atomic mass is 10.0. The average molecular weight is 2140 g/mol. The number of amides is 1. The van der Waals surface area contributed by atoms with Gasteiger partial charge in [-0.1, -0.05) is 34.1 Å². The van der Waals surface area contributed by atoms with Crippen molar-refractivity contribution in [3.05, 3.63) is 245 Å². The number of aryl methyl sites for hydroxylation is 4. The molecule has 0 spiro atoms. The van der Waals surface area contributed by atoms with Crippen LogP contribution in [0.2, 0.25) is 0 Å². The summed E-state index contributed by atoms with van der Waals surface area (Å²) in [6.45, 7) is 14.5. The molecule has 36 nitrogen and oxygen atoms in total. The predicted molar refractivity (Wildman–Crippen MR) is 518 cm³/mol. The molecule has 41 heteroatoms. The molecular formula is C95H106Br4FN9O27. The Morgan fingerprint density at radius 3 is 1.42 bits per heavy atom. The fourth-order valence-corrected chi connectivity index (χ4v) is 17.2. The number of carbonyl (C=O) groups excluding carboxylic acids is 7. The van der Waals surface area contributed by atoms with Gasteiger partial charge < -0.3 is 115 Å². The van der Waals surface area contributed by atoms with Crippen LogP contribution in [0.1, 0.15) is 130 Å². The van der Waals surface area contributed by atoms with Crippen LogP contribution in [-0.4, -0.2) is 261 Å². The lowest BCUT2D eigenvalue weighted by Crippen LogP contribution is -2.24. The molecule has 0 aliphatic carbocycles. The van der Waals surface area contributed by atoms with E-state index < -0.39 is 77.2 Å². The highest BCUT2D eigenvalue weighted by atomic mass is 79.9. The maximum Gasteiger partial charge on any atom is 0.341 e. The number of phenolic OH excluding ortho intramolecular Hbond substituents is 3. The van der Waals surface area contributed by atoms with Crippen molar-refractivity contribution < 1.29 is 128 Å². The van der Waals surface area contributed by atoms with E-state index in [1.165, 1.54) is 74.7 Å². The third-order valence-electron chi connectivity index (χ3n) is 22.1. The van der Waals surface area contributed by atoms with Gasteiger partial charge in [0, 0.05) is 150 Å². The molecule has 136 heavy (non-hydrogen) atoms. The number of hydrogen-bond acceptors (Lipinski definition) is 33. The number of ether oxygens (including phenoxy) is 4. The summed E-state index contributed by atoms with van der Waals surface area (Å²) in [6.07, 6.45) is 2.93. The van der Waals surface area contributed by atoms with Crippen LogP contribution < -0.4 is 44.6 Å².